The lowest BCUT2D eigenvalue weighted by Crippen LogP contribution is -2.48. The molecule has 4 aromatic rings. The van der Waals surface area contributed by atoms with E-state index in [0.717, 1.165) is 11.1 Å². The largest absolute Gasteiger partial charge is 0.327 e. The quantitative estimate of drug-likeness (QED) is 0.186. The molecular formula is C28H25BrN6O3. The van der Waals surface area contributed by atoms with E-state index in [0.29, 0.717) is 40.0 Å². The summed E-state index contributed by atoms with van der Waals surface area (Å²) >= 11 is 3.33. The Morgan fingerprint density at radius 3 is 2.58 bits per heavy atom. The summed E-state index contributed by atoms with van der Waals surface area (Å²) in [6, 6.07) is 10.4. The fourth-order valence-corrected chi connectivity index (χ4v) is 4.97. The molecule has 4 heterocycles. The van der Waals surface area contributed by atoms with Gasteiger partial charge in [-0.25, -0.2) is 15.0 Å². The number of pyridine rings is 1. The molecule has 0 spiro atoms. The van der Waals surface area contributed by atoms with Gasteiger partial charge in [0.25, 0.3) is 0 Å². The third-order valence-corrected chi connectivity index (χ3v) is 6.95. The maximum atomic E-state index is 13.5. The molecule has 0 aliphatic carbocycles. The summed E-state index contributed by atoms with van der Waals surface area (Å²) in [6.45, 7) is 3.51. The third kappa shape index (κ3) is 5.31. The van der Waals surface area contributed by atoms with Crippen molar-refractivity contribution in [3.8, 4) is 11.1 Å². The molecule has 10 heteroatoms. The van der Waals surface area contributed by atoms with Gasteiger partial charge >= 0.3 is 0 Å². The molecule has 0 saturated heterocycles. The summed E-state index contributed by atoms with van der Waals surface area (Å²) in [6.07, 6.45) is 7.85. The first-order valence-electron chi connectivity index (χ1n) is 12.2. The van der Waals surface area contributed by atoms with Crippen molar-refractivity contribution in [2.45, 2.75) is 39.3 Å². The Kier molecular flexibility index (Phi) is 7.24. The van der Waals surface area contributed by atoms with Crippen LogP contribution in [0.5, 0.6) is 0 Å². The predicted molar refractivity (Wildman–Crippen MR) is 145 cm³/mol. The smallest absolute Gasteiger partial charge is 0.245 e. The minimum atomic E-state index is -0.587. The highest BCUT2D eigenvalue weighted by molar-refractivity contribution is 9.10. The maximum Gasteiger partial charge on any atom is 0.245 e. The third-order valence-electron chi connectivity index (χ3n) is 6.51. The van der Waals surface area contributed by atoms with Gasteiger partial charge in [0.05, 0.1) is 18.0 Å². The standard InChI is InChI=1S/C28H25BrN6O3/c1-17(36)28-22-12-19(20-14-30-18(2)31-15-20)9-10-23(22)35(33-28)16-27(38)34-11-4-3-7-24(34)25(37)13-21-6-5-8-26(29)32-21/h3-6,8-10,12,14-15,24H,7,11,13,16H2,1-2H3. The van der Waals surface area contributed by atoms with Crippen LogP contribution < -0.4 is 0 Å². The normalized spacial score (nSPS) is 15.1. The number of amides is 1. The van der Waals surface area contributed by atoms with Gasteiger partial charge in [-0.3, -0.25) is 19.1 Å². The van der Waals surface area contributed by atoms with Crippen molar-refractivity contribution in [3.63, 3.8) is 0 Å². The van der Waals surface area contributed by atoms with E-state index in [1.165, 1.54) is 6.92 Å². The van der Waals surface area contributed by atoms with Crippen molar-refractivity contribution < 1.29 is 14.4 Å². The summed E-state index contributed by atoms with van der Waals surface area (Å²) in [5.41, 5.74) is 3.25. The molecule has 1 atom stereocenters. The van der Waals surface area contributed by atoms with Crippen LogP contribution in [0.15, 0.2) is 65.5 Å². The van der Waals surface area contributed by atoms with E-state index in [1.807, 2.05) is 43.3 Å². The second kappa shape index (κ2) is 10.7. The minimum Gasteiger partial charge on any atom is -0.327 e. The molecule has 0 N–H and O–H groups in total. The van der Waals surface area contributed by atoms with E-state index in [-0.39, 0.29) is 36.1 Å². The number of aryl methyl sites for hydroxylation is 1. The van der Waals surface area contributed by atoms with Crippen LogP contribution in [-0.4, -0.2) is 59.7 Å². The van der Waals surface area contributed by atoms with Gasteiger partial charge in [0.2, 0.25) is 5.91 Å². The number of carbonyl (C=O) groups excluding carboxylic acids is 3. The van der Waals surface area contributed by atoms with Crippen molar-refractivity contribution >= 4 is 44.3 Å². The molecule has 38 heavy (non-hydrogen) atoms. The number of nitrogens with zero attached hydrogens (tertiary/aromatic N) is 6. The first-order valence-corrected chi connectivity index (χ1v) is 13.0. The zero-order chi connectivity index (χ0) is 26.8. The number of hydrogen-bond acceptors (Lipinski definition) is 7. The van der Waals surface area contributed by atoms with Crippen molar-refractivity contribution in [2.24, 2.45) is 0 Å². The summed E-state index contributed by atoms with van der Waals surface area (Å²) in [4.78, 5) is 53.5. The Hall–Kier alpha value is -4.05. The van der Waals surface area contributed by atoms with Gasteiger partial charge in [0.15, 0.2) is 11.6 Å². The highest BCUT2D eigenvalue weighted by Crippen LogP contribution is 2.27. The Bertz CT molecular complexity index is 1580. The van der Waals surface area contributed by atoms with E-state index < -0.39 is 6.04 Å². The predicted octanol–water partition coefficient (Wildman–Crippen LogP) is 4.13. The van der Waals surface area contributed by atoms with E-state index in [1.54, 1.807) is 34.1 Å². The first kappa shape index (κ1) is 25.6. The maximum absolute atomic E-state index is 13.5. The number of halogens is 1. The summed E-state index contributed by atoms with van der Waals surface area (Å²) in [5.74, 6) is 0.148. The number of benzene rings is 1. The van der Waals surface area contributed by atoms with Crippen LogP contribution in [0.4, 0.5) is 0 Å². The number of hydrogen-bond donors (Lipinski definition) is 0. The van der Waals surface area contributed by atoms with Crippen LogP contribution in [0.3, 0.4) is 0 Å². The van der Waals surface area contributed by atoms with Crippen molar-refractivity contribution in [1.82, 2.24) is 29.6 Å². The van der Waals surface area contributed by atoms with E-state index in [2.05, 4.69) is 36.0 Å². The zero-order valence-corrected chi connectivity index (χ0v) is 22.6. The Morgan fingerprint density at radius 2 is 1.84 bits per heavy atom. The van der Waals surface area contributed by atoms with Gasteiger partial charge in [0, 0.05) is 42.5 Å². The first-order chi connectivity index (χ1) is 18.3. The molecule has 192 valence electrons. The summed E-state index contributed by atoms with van der Waals surface area (Å²) in [7, 11) is 0. The number of aromatic nitrogens is 5. The second-order valence-corrected chi connectivity index (χ2v) is 9.99. The summed E-state index contributed by atoms with van der Waals surface area (Å²) in [5, 5.41) is 5.14. The minimum absolute atomic E-state index is 0.0759. The molecular weight excluding hydrogens is 548 g/mol. The molecule has 9 nitrogen and oxygen atoms in total. The number of Topliss-reactive ketones (excluding diaryl/α,β-unsaturated/α-hetero) is 2. The molecule has 0 saturated carbocycles. The fourth-order valence-electron chi connectivity index (χ4n) is 4.59. The molecule has 1 aromatic carbocycles. The van der Waals surface area contributed by atoms with Crippen LogP contribution in [0.1, 0.15) is 35.4 Å². The van der Waals surface area contributed by atoms with Gasteiger partial charge in [-0.15, -0.1) is 0 Å². The Balaban J connectivity index is 1.41. The monoisotopic (exact) mass is 572 g/mol. The highest BCUT2D eigenvalue weighted by Gasteiger charge is 2.31. The molecule has 5 rings (SSSR count). The SMILES string of the molecule is CC(=O)c1nn(CC(=O)N2CC=CCC2C(=O)Cc2cccc(Br)n2)c2ccc(-c3cnc(C)nc3)cc12. The Labute approximate surface area is 227 Å². The molecule has 1 aliphatic rings. The molecule has 0 radical (unpaired) electrons. The Morgan fingerprint density at radius 1 is 1.05 bits per heavy atom. The second-order valence-electron chi connectivity index (χ2n) is 9.18. The lowest BCUT2D eigenvalue weighted by atomic mass is 9.99. The zero-order valence-electron chi connectivity index (χ0n) is 21.0. The molecule has 1 aliphatic heterocycles. The topological polar surface area (TPSA) is 111 Å². The molecule has 3 aromatic heterocycles. The van der Waals surface area contributed by atoms with Crippen LogP contribution in [0, 0.1) is 6.92 Å². The van der Waals surface area contributed by atoms with Crippen molar-refractivity contribution in [3.05, 3.63) is 82.8 Å². The number of carbonyl (C=O) groups is 3. The van der Waals surface area contributed by atoms with E-state index in [4.69, 9.17) is 0 Å². The van der Waals surface area contributed by atoms with Gasteiger partial charge in [-0.05, 0) is 59.1 Å². The average molecular weight is 573 g/mol. The van der Waals surface area contributed by atoms with Gasteiger partial charge in [-0.1, -0.05) is 24.3 Å². The van der Waals surface area contributed by atoms with Gasteiger partial charge < -0.3 is 4.90 Å². The van der Waals surface area contributed by atoms with E-state index >= 15 is 0 Å². The molecule has 1 unspecified atom stereocenters. The average Bonchev–Trinajstić information content (AvgIpc) is 3.27. The van der Waals surface area contributed by atoms with Crippen LogP contribution in [0.25, 0.3) is 22.0 Å². The van der Waals surface area contributed by atoms with Gasteiger partial charge in [-0.2, -0.15) is 5.10 Å². The van der Waals surface area contributed by atoms with Crippen LogP contribution in [0.2, 0.25) is 0 Å². The van der Waals surface area contributed by atoms with Gasteiger partial charge in [0.1, 0.15) is 22.7 Å². The number of fused-ring (bicyclic) bond motifs is 1. The molecule has 0 fully saturated rings. The lowest BCUT2D eigenvalue weighted by Gasteiger charge is -2.32. The van der Waals surface area contributed by atoms with Crippen molar-refractivity contribution in [1.29, 1.82) is 0 Å². The summed E-state index contributed by atoms with van der Waals surface area (Å²) < 4.78 is 2.20. The van der Waals surface area contributed by atoms with E-state index in [9.17, 15) is 14.4 Å². The van der Waals surface area contributed by atoms with Crippen LogP contribution >= 0.6 is 15.9 Å². The fraction of sp³-hybridized carbons (Fsp3) is 0.250. The van der Waals surface area contributed by atoms with Crippen molar-refractivity contribution in [2.75, 3.05) is 6.54 Å². The lowest BCUT2D eigenvalue weighted by molar-refractivity contribution is -0.139. The molecule has 0 bridgehead atoms. The number of ketones is 2. The highest BCUT2D eigenvalue weighted by atomic mass is 79.9. The number of rotatable bonds is 7. The van der Waals surface area contributed by atoms with Crippen LogP contribution in [-0.2, 0) is 22.6 Å². The molecule has 1 amide bonds.